The predicted molar refractivity (Wildman–Crippen MR) is 85.7 cm³/mol. The lowest BCUT2D eigenvalue weighted by molar-refractivity contribution is 0.549. The van der Waals surface area contributed by atoms with Crippen molar-refractivity contribution in [3.63, 3.8) is 0 Å². The molecule has 0 aliphatic heterocycles. The molecule has 0 aliphatic carbocycles. The van der Waals surface area contributed by atoms with Crippen LogP contribution in [-0.2, 0) is 6.42 Å². The Labute approximate surface area is 120 Å². The van der Waals surface area contributed by atoms with Crippen molar-refractivity contribution < 1.29 is 0 Å². The zero-order valence-electron chi connectivity index (χ0n) is 13.1. The van der Waals surface area contributed by atoms with Gasteiger partial charge in [-0.15, -0.1) is 0 Å². The van der Waals surface area contributed by atoms with Crippen LogP contribution >= 0.6 is 0 Å². The molecule has 0 aromatic carbocycles. The number of aromatic amines is 1. The van der Waals surface area contributed by atoms with Crippen molar-refractivity contribution in [2.45, 2.75) is 90.9 Å². The maximum absolute atomic E-state index is 3.26. The molecule has 110 valence electrons. The van der Waals surface area contributed by atoms with Gasteiger partial charge in [-0.25, -0.2) is 0 Å². The summed E-state index contributed by atoms with van der Waals surface area (Å²) < 4.78 is 0. The van der Waals surface area contributed by atoms with Crippen molar-refractivity contribution in [3.8, 4) is 0 Å². The van der Waals surface area contributed by atoms with E-state index in [1.54, 1.807) is 0 Å². The van der Waals surface area contributed by atoms with Crippen LogP contribution in [0.1, 0.15) is 88.8 Å². The second-order valence-electron chi connectivity index (χ2n) is 5.91. The molecule has 0 aliphatic rings. The van der Waals surface area contributed by atoms with E-state index in [4.69, 9.17) is 0 Å². The third kappa shape index (κ3) is 8.13. The first-order chi connectivity index (χ1) is 9.34. The Balaban J connectivity index is 1.80. The molecule has 1 aromatic heterocycles. The Bertz CT molecular complexity index is 300. The number of aryl methyl sites for hydroxylation is 2. The molecular formula is C18H33N. The fourth-order valence-corrected chi connectivity index (χ4v) is 2.74. The second kappa shape index (κ2) is 11.1. The third-order valence-electron chi connectivity index (χ3n) is 4.12. The molecule has 0 bridgehead atoms. The standard InChI is InChI=1S/C18H33N/c1-3-4-5-6-7-8-9-10-11-12-13-14-18-15-16-19-17(18)2/h15-16,19H,3-14H2,1-2H3. The number of nitrogens with one attached hydrogen (secondary N) is 1. The zero-order valence-corrected chi connectivity index (χ0v) is 13.1. The highest BCUT2D eigenvalue weighted by Gasteiger charge is 1.98. The smallest absolute Gasteiger partial charge is 0.0148 e. The lowest BCUT2D eigenvalue weighted by Gasteiger charge is -2.03. The van der Waals surface area contributed by atoms with Gasteiger partial charge in [-0.05, 0) is 31.4 Å². The van der Waals surface area contributed by atoms with Gasteiger partial charge in [0.25, 0.3) is 0 Å². The van der Waals surface area contributed by atoms with Gasteiger partial charge in [0.15, 0.2) is 0 Å². The topological polar surface area (TPSA) is 15.8 Å². The lowest BCUT2D eigenvalue weighted by Crippen LogP contribution is -1.87. The molecule has 0 saturated carbocycles. The van der Waals surface area contributed by atoms with Crippen LogP contribution in [0.5, 0.6) is 0 Å². The van der Waals surface area contributed by atoms with Crippen molar-refractivity contribution in [2.24, 2.45) is 0 Å². The van der Waals surface area contributed by atoms with E-state index in [-0.39, 0.29) is 0 Å². The van der Waals surface area contributed by atoms with E-state index in [1.807, 2.05) is 0 Å². The van der Waals surface area contributed by atoms with Crippen LogP contribution in [0.2, 0.25) is 0 Å². The van der Waals surface area contributed by atoms with Crippen molar-refractivity contribution >= 4 is 0 Å². The first kappa shape index (κ1) is 16.3. The van der Waals surface area contributed by atoms with Crippen LogP contribution < -0.4 is 0 Å². The van der Waals surface area contributed by atoms with Crippen LogP contribution in [0.4, 0.5) is 0 Å². The summed E-state index contributed by atoms with van der Waals surface area (Å²) in [7, 11) is 0. The van der Waals surface area contributed by atoms with E-state index >= 15 is 0 Å². The molecule has 0 amide bonds. The first-order valence-corrected chi connectivity index (χ1v) is 8.47. The molecule has 1 heteroatoms. The fraction of sp³-hybridized carbons (Fsp3) is 0.778. The Morgan fingerprint density at radius 1 is 0.789 bits per heavy atom. The molecule has 0 radical (unpaired) electrons. The molecule has 19 heavy (non-hydrogen) atoms. The maximum atomic E-state index is 3.26. The van der Waals surface area contributed by atoms with E-state index in [0.29, 0.717) is 0 Å². The minimum absolute atomic E-state index is 1.26. The highest BCUT2D eigenvalue weighted by molar-refractivity contribution is 5.18. The molecule has 1 heterocycles. The van der Waals surface area contributed by atoms with E-state index < -0.39 is 0 Å². The normalized spacial score (nSPS) is 11.1. The highest BCUT2D eigenvalue weighted by Crippen LogP contribution is 2.14. The quantitative estimate of drug-likeness (QED) is 0.434. The summed E-state index contributed by atoms with van der Waals surface area (Å²) in [5.74, 6) is 0. The highest BCUT2D eigenvalue weighted by atomic mass is 14.7. The minimum atomic E-state index is 1.26. The molecule has 0 fully saturated rings. The van der Waals surface area contributed by atoms with Gasteiger partial charge in [-0.2, -0.15) is 0 Å². The molecule has 0 saturated heterocycles. The van der Waals surface area contributed by atoms with Crippen molar-refractivity contribution in [1.82, 2.24) is 4.98 Å². The summed E-state index contributed by atoms with van der Waals surface area (Å²) in [5, 5.41) is 0. The average Bonchev–Trinajstić information content (AvgIpc) is 2.82. The van der Waals surface area contributed by atoms with Gasteiger partial charge < -0.3 is 4.98 Å². The molecular weight excluding hydrogens is 230 g/mol. The molecule has 1 aromatic rings. The van der Waals surface area contributed by atoms with Gasteiger partial charge in [-0.3, -0.25) is 0 Å². The van der Waals surface area contributed by atoms with Crippen LogP contribution in [0.25, 0.3) is 0 Å². The zero-order chi connectivity index (χ0) is 13.8. The SMILES string of the molecule is CCCCCCCCCCCCCc1cc[nH]c1C. The van der Waals surface area contributed by atoms with Gasteiger partial charge in [0, 0.05) is 11.9 Å². The van der Waals surface area contributed by atoms with Crippen molar-refractivity contribution in [3.05, 3.63) is 23.5 Å². The Morgan fingerprint density at radius 2 is 1.32 bits per heavy atom. The van der Waals surface area contributed by atoms with E-state index in [0.717, 1.165) is 0 Å². The van der Waals surface area contributed by atoms with Crippen LogP contribution in [-0.4, -0.2) is 4.98 Å². The predicted octanol–water partition coefficient (Wildman–Crippen LogP) is 6.18. The molecule has 0 unspecified atom stereocenters. The minimum Gasteiger partial charge on any atom is -0.365 e. The Morgan fingerprint density at radius 3 is 1.79 bits per heavy atom. The second-order valence-corrected chi connectivity index (χ2v) is 5.91. The maximum Gasteiger partial charge on any atom is 0.0148 e. The monoisotopic (exact) mass is 263 g/mol. The summed E-state index contributed by atoms with van der Waals surface area (Å²) in [6.07, 6.45) is 19.0. The number of H-pyrrole nitrogens is 1. The van der Waals surface area contributed by atoms with Crippen LogP contribution in [0, 0.1) is 6.92 Å². The van der Waals surface area contributed by atoms with Crippen LogP contribution in [0.3, 0.4) is 0 Å². The summed E-state index contributed by atoms with van der Waals surface area (Å²) in [6.45, 7) is 4.46. The van der Waals surface area contributed by atoms with Gasteiger partial charge in [0.05, 0.1) is 0 Å². The van der Waals surface area contributed by atoms with E-state index in [1.165, 1.54) is 88.3 Å². The average molecular weight is 263 g/mol. The Kier molecular flexibility index (Phi) is 9.57. The summed E-state index contributed by atoms with van der Waals surface area (Å²) >= 11 is 0. The van der Waals surface area contributed by atoms with E-state index in [9.17, 15) is 0 Å². The van der Waals surface area contributed by atoms with Gasteiger partial charge in [0.2, 0.25) is 0 Å². The molecule has 1 rings (SSSR count). The number of hydrogen-bond acceptors (Lipinski definition) is 0. The molecule has 1 nitrogen and oxygen atoms in total. The van der Waals surface area contributed by atoms with Gasteiger partial charge in [0.1, 0.15) is 0 Å². The molecule has 0 spiro atoms. The number of aromatic nitrogens is 1. The van der Waals surface area contributed by atoms with Gasteiger partial charge in [-0.1, -0.05) is 71.1 Å². The largest absolute Gasteiger partial charge is 0.365 e. The summed E-state index contributed by atoms with van der Waals surface area (Å²) in [6, 6.07) is 2.23. The van der Waals surface area contributed by atoms with Crippen LogP contribution in [0.15, 0.2) is 12.3 Å². The van der Waals surface area contributed by atoms with Crippen molar-refractivity contribution in [2.75, 3.05) is 0 Å². The number of unbranched alkanes of at least 4 members (excludes halogenated alkanes) is 10. The number of hydrogen-bond donors (Lipinski definition) is 1. The summed E-state index contributed by atoms with van der Waals surface area (Å²) in [4.78, 5) is 3.26. The molecule has 0 atom stereocenters. The summed E-state index contributed by atoms with van der Waals surface area (Å²) in [5.41, 5.74) is 2.86. The number of rotatable bonds is 12. The van der Waals surface area contributed by atoms with Gasteiger partial charge >= 0.3 is 0 Å². The molecule has 1 N–H and O–H groups in total. The fourth-order valence-electron chi connectivity index (χ4n) is 2.74. The van der Waals surface area contributed by atoms with Crippen molar-refractivity contribution in [1.29, 1.82) is 0 Å². The first-order valence-electron chi connectivity index (χ1n) is 8.47. The lowest BCUT2D eigenvalue weighted by atomic mass is 10.0. The third-order valence-corrected chi connectivity index (χ3v) is 4.12. The van der Waals surface area contributed by atoms with E-state index in [2.05, 4.69) is 31.1 Å². The Hall–Kier alpha value is -0.720.